The second-order valence-corrected chi connectivity index (χ2v) is 8.93. The SMILES string of the molecule is Cc1cccc(Cn2c(CNS(=O)(=O)c3ccc(Cl)cc3)nc3cccnc32)c1. The summed E-state index contributed by atoms with van der Waals surface area (Å²) in [5, 5.41) is 0.481. The van der Waals surface area contributed by atoms with E-state index in [-0.39, 0.29) is 11.4 Å². The summed E-state index contributed by atoms with van der Waals surface area (Å²) in [6, 6.07) is 17.9. The third-order valence-corrected chi connectivity index (χ3v) is 6.22. The molecule has 0 aliphatic heterocycles. The minimum absolute atomic E-state index is 0.0487. The minimum Gasteiger partial charge on any atom is -0.307 e. The van der Waals surface area contributed by atoms with Crippen molar-refractivity contribution in [2.24, 2.45) is 0 Å². The average molecular weight is 427 g/mol. The highest BCUT2D eigenvalue weighted by molar-refractivity contribution is 7.89. The minimum atomic E-state index is -3.69. The highest BCUT2D eigenvalue weighted by atomic mass is 35.5. The maximum absolute atomic E-state index is 12.6. The lowest BCUT2D eigenvalue weighted by Crippen LogP contribution is -2.25. The maximum atomic E-state index is 12.6. The smallest absolute Gasteiger partial charge is 0.240 e. The van der Waals surface area contributed by atoms with E-state index in [1.165, 1.54) is 12.1 Å². The summed E-state index contributed by atoms with van der Waals surface area (Å²) in [7, 11) is -3.69. The molecule has 2 aromatic carbocycles. The highest BCUT2D eigenvalue weighted by Gasteiger charge is 2.17. The lowest BCUT2D eigenvalue weighted by Gasteiger charge is -2.11. The Bertz CT molecular complexity index is 1270. The molecule has 0 aliphatic carbocycles. The van der Waals surface area contributed by atoms with Gasteiger partial charge in [-0.3, -0.25) is 0 Å². The van der Waals surface area contributed by atoms with Crippen molar-refractivity contribution in [3.63, 3.8) is 0 Å². The lowest BCUT2D eigenvalue weighted by molar-refractivity contribution is 0.576. The normalized spacial score (nSPS) is 11.8. The Morgan fingerprint density at radius 3 is 2.62 bits per heavy atom. The van der Waals surface area contributed by atoms with Crippen molar-refractivity contribution in [3.05, 3.63) is 88.8 Å². The first-order valence-electron chi connectivity index (χ1n) is 9.03. The van der Waals surface area contributed by atoms with E-state index >= 15 is 0 Å². The predicted octanol–water partition coefficient (Wildman–Crippen LogP) is 3.92. The number of aryl methyl sites for hydroxylation is 1. The highest BCUT2D eigenvalue weighted by Crippen LogP contribution is 2.18. The zero-order chi connectivity index (χ0) is 20.4. The molecular weight excluding hydrogens is 408 g/mol. The third kappa shape index (κ3) is 4.32. The molecule has 1 N–H and O–H groups in total. The van der Waals surface area contributed by atoms with Gasteiger partial charge in [0.1, 0.15) is 11.3 Å². The topological polar surface area (TPSA) is 76.9 Å². The van der Waals surface area contributed by atoms with Crippen LogP contribution >= 0.6 is 11.6 Å². The number of hydrogen-bond donors (Lipinski definition) is 1. The van der Waals surface area contributed by atoms with Crippen LogP contribution in [-0.4, -0.2) is 23.0 Å². The Morgan fingerprint density at radius 2 is 1.86 bits per heavy atom. The molecule has 0 radical (unpaired) electrons. The summed E-state index contributed by atoms with van der Waals surface area (Å²) < 4.78 is 29.8. The van der Waals surface area contributed by atoms with Gasteiger partial charge < -0.3 is 4.57 Å². The Balaban J connectivity index is 1.65. The monoisotopic (exact) mass is 426 g/mol. The molecule has 0 aliphatic rings. The number of aromatic nitrogens is 3. The van der Waals surface area contributed by atoms with Gasteiger partial charge in [0.2, 0.25) is 10.0 Å². The largest absolute Gasteiger partial charge is 0.307 e. The summed E-state index contributed by atoms with van der Waals surface area (Å²) in [4.78, 5) is 9.19. The molecule has 148 valence electrons. The number of imidazole rings is 1. The van der Waals surface area contributed by atoms with E-state index in [2.05, 4.69) is 20.8 Å². The van der Waals surface area contributed by atoms with Crippen LogP contribution in [0.2, 0.25) is 5.02 Å². The fraction of sp³-hybridized carbons (Fsp3) is 0.143. The molecule has 0 fully saturated rings. The zero-order valence-corrected chi connectivity index (χ0v) is 17.3. The molecular formula is C21H19ClN4O2S. The van der Waals surface area contributed by atoms with E-state index in [9.17, 15) is 8.42 Å². The van der Waals surface area contributed by atoms with Crippen molar-refractivity contribution >= 4 is 32.8 Å². The van der Waals surface area contributed by atoms with Crippen molar-refractivity contribution in [1.29, 1.82) is 0 Å². The Morgan fingerprint density at radius 1 is 1.07 bits per heavy atom. The van der Waals surface area contributed by atoms with E-state index in [0.29, 0.717) is 17.4 Å². The quantitative estimate of drug-likeness (QED) is 0.507. The van der Waals surface area contributed by atoms with Crippen molar-refractivity contribution in [1.82, 2.24) is 19.3 Å². The molecule has 8 heteroatoms. The van der Waals surface area contributed by atoms with Crippen LogP contribution in [0.25, 0.3) is 11.2 Å². The van der Waals surface area contributed by atoms with Crippen LogP contribution in [0, 0.1) is 6.92 Å². The second-order valence-electron chi connectivity index (χ2n) is 6.73. The standard InChI is InChI=1S/C21H19ClN4O2S/c1-15-4-2-5-16(12-15)14-26-20(25-19-6-3-11-23-21(19)26)13-24-29(27,28)18-9-7-17(22)8-10-18/h2-12,24H,13-14H2,1H3. The molecule has 29 heavy (non-hydrogen) atoms. The zero-order valence-electron chi connectivity index (χ0n) is 15.7. The van der Waals surface area contributed by atoms with Crippen molar-refractivity contribution in [2.75, 3.05) is 0 Å². The third-order valence-electron chi connectivity index (χ3n) is 4.55. The van der Waals surface area contributed by atoms with Gasteiger partial charge >= 0.3 is 0 Å². The summed E-state index contributed by atoms with van der Waals surface area (Å²) in [6.07, 6.45) is 1.71. The van der Waals surface area contributed by atoms with Gasteiger partial charge in [-0.05, 0) is 48.9 Å². The van der Waals surface area contributed by atoms with Crippen LogP contribution in [-0.2, 0) is 23.1 Å². The first-order chi connectivity index (χ1) is 13.9. The Hall–Kier alpha value is -2.74. The Kier molecular flexibility index (Phi) is 5.36. The van der Waals surface area contributed by atoms with E-state index in [0.717, 1.165) is 22.3 Å². The van der Waals surface area contributed by atoms with Gasteiger partial charge in [-0.1, -0.05) is 41.4 Å². The number of fused-ring (bicyclic) bond motifs is 1. The molecule has 2 heterocycles. The molecule has 4 rings (SSSR count). The number of nitrogens with zero attached hydrogens (tertiary/aromatic N) is 3. The van der Waals surface area contributed by atoms with Crippen molar-refractivity contribution < 1.29 is 8.42 Å². The molecule has 0 amide bonds. The van der Waals surface area contributed by atoms with Gasteiger partial charge in [0.05, 0.1) is 18.0 Å². The number of pyridine rings is 1. The van der Waals surface area contributed by atoms with Crippen LogP contribution in [0.5, 0.6) is 0 Å². The second kappa shape index (κ2) is 7.94. The van der Waals surface area contributed by atoms with E-state index in [1.807, 2.05) is 41.8 Å². The molecule has 0 unspecified atom stereocenters. The fourth-order valence-corrected chi connectivity index (χ4v) is 4.26. The van der Waals surface area contributed by atoms with Gasteiger partial charge in [-0.15, -0.1) is 0 Å². The molecule has 0 atom stereocenters. The van der Waals surface area contributed by atoms with Crippen molar-refractivity contribution in [2.45, 2.75) is 24.9 Å². The van der Waals surface area contributed by atoms with Crippen LogP contribution < -0.4 is 4.72 Å². The first kappa shape index (κ1) is 19.6. The van der Waals surface area contributed by atoms with Crippen LogP contribution in [0.1, 0.15) is 17.0 Å². The van der Waals surface area contributed by atoms with Crippen molar-refractivity contribution in [3.8, 4) is 0 Å². The first-order valence-corrected chi connectivity index (χ1v) is 10.9. The summed E-state index contributed by atoms with van der Waals surface area (Å²) in [5.74, 6) is 0.595. The van der Waals surface area contributed by atoms with Gasteiger partial charge in [-0.2, -0.15) is 0 Å². The lowest BCUT2D eigenvalue weighted by atomic mass is 10.1. The molecule has 0 spiro atoms. The van der Waals surface area contributed by atoms with E-state index < -0.39 is 10.0 Å². The molecule has 4 aromatic rings. The van der Waals surface area contributed by atoms with Crippen LogP contribution in [0.3, 0.4) is 0 Å². The molecule has 0 bridgehead atoms. The summed E-state index contributed by atoms with van der Waals surface area (Å²) >= 11 is 5.85. The van der Waals surface area contributed by atoms with Gasteiger partial charge in [0.15, 0.2) is 5.65 Å². The predicted molar refractivity (Wildman–Crippen MR) is 113 cm³/mol. The molecule has 6 nitrogen and oxygen atoms in total. The fourth-order valence-electron chi connectivity index (χ4n) is 3.16. The van der Waals surface area contributed by atoms with E-state index in [1.54, 1.807) is 18.3 Å². The Labute approximate surface area is 174 Å². The number of nitrogens with one attached hydrogen (secondary N) is 1. The maximum Gasteiger partial charge on any atom is 0.240 e. The van der Waals surface area contributed by atoms with Gasteiger partial charge in [0, 0.05) is 11.2 Å². The summed E-state index contributed by atoms with van der Waals surface area (Å²) in [5.41, 5.74) is 3.69. The number of benzene rings is 2. The number of rotatable bonds is 6. The number of hydrogen-bond acceptors (Lipinski definition) is 4. The average Bonchev–Trinajstić information content (AvgIpc) is 3.04. The number of sulfonamides is 1. The summed E-state index contributed by atoms with van der Waals surface area (Å²) in [6.45, 7) is 2.63. The van der Waals surface area contributed by atoms with Gasteiger partial charge in [-0.25, -0.2) is 23.1 Å². The molecule has 0 saturated carbocycles. The molecule has 2 aromatic heterocycles. The van der Waals surface area contributed by atoms with Crippen LogP contribution in [0.15, 0.2) is 71.8 Å². The number of halogens is 1. The van der Waals surface area contributed by atoms with E-state index in [4.69, 9.17) is 11.6 Å². The van der Waals surface area contributed by atoms with Crippen LogP contribution in [0.4, 0.5) is 0 Å². The van der Waals surface area contributed by atoms with Gasteiger partial charge in [0.25, 0.3) is 0 Å². The molecule has 0 saturated heterocycles.